The standard InChI is InChI=1S/C13H9F2NO4/c14-9-2-1-3-11(16(18)19)13(9)20-12-5-4-8(7-17)6-10(12)15/h1-6,17H,7H2. The summed E-state index contributed by atoms with van der Waals surface area (Å²) in [4.78, 5) is 9.96. The maximum absolute atomic E-state index is 13.7. The smallest absolute Gasteiger partial charge is 0.314 e. The molecule has 0 atom stereocenters. The van der Waals surface area contributed by atoms with Gasteiger partial charge in [-0.3, -0.25) is 10.1 Å². The number of aliphatic hydroxyl groups is 1. The van der Waals surface area contributed by atoms with Crippen molar-refractivity contribution in [3.05, 3.63) is 63.7 Å². The quantitative estimate of drug-likeness (QED) is 0.690. The molecule has 2 aromatic rings. The second-order valence-electron chi connectivity index (χ2n) is 3.87. The molecular weight excluding hydrogens is 272 g/mol. The van der Waals surface area contributed by atoms with Crippen LogP contribution in [0.5, 0.6) is 11.5 Å². The van der Waals surface area contributed by atoms with Crippen molar-refractivity contribution in [1.29, 1.82) is 0 Å². The first kappa shape index (κ1) is 13.9. The van der Waals surface area contributed by atoms with Crippen molar-refractivity contribution in [3.63, 3.8) is 0 Å². The monoisotopic (exact) mass is 281 g/mol. The Morgan fingerprint density at radius 1 is 1.20 bits per heavy atom. The second-order valence-corrected chi connectivity index (χ2v) is 3.87. The van der Waals surface area contributed by atoms with Crippen molar-refractivity contribution in [2.24, 2.45) is 0 Å². The average Bonchev–Trinajstić information content (AvgIpc) is 2.42. The number of nitro groups is 1. The van der Waals surface area contributed by atoms with E-state index in [1.165, 1.54) is 6.07 Å². The number of rotatable bonds is 4. The summed E-state index contributed by atoms with van der Waals surface area (Å²) >= 11 is 0. The zero-order chi connectivity index (χ0) is 14.7. The lowest BCUT2D eigenvalue weighted by Gasteiger charge is -2.08. The Hall–Kier alpha value is -2.54. The number of hydrogen-bond donors (Lipinski definition) is 1. The molecular formula is C13H9F2NO4. The summed E-state index contributed by atoms with van der Waals surface area (Å²) < 4.78 is 32.2. The first-order valence-corrected chi connectivity index (χ1v) is 5.53. The van der Waals surface area contributed by atoms with E-state index in [4.69, 9.17) is 9.84 Å². The van der Waals surface area contributed by atoms with Crippen molar-refractivity contribution in [2.75, 3.05) is 0 Å². The molecule has 0 radical (unpaired) electrons. The topological polar surface area (TPSA) is 72.6 Å². The third-order valence-electron chi connectivity index (χ3n) is 2.53. The van der Waals surface area contributed by atoms with Crippen LogP contribution in [0.4, 0.5) is 14.5 Å². The molecule has 0 unspecified atom stereocenters. The highest BCUT2D eigenvalue weighted by atomic mass is 19.1. The Labute approximate surface area is 112 Å². The third-order valence-corrected chi connectivity index (χ3v) is 2.53. The van der Waals surface area contributed by atoms with Gasteiger partial charge in [0, 0.05) is 6.07 Å². The summed E-state index contributed by atoms with van der Waals surface area (Å²) in [7, 11) is 0. The van der Waals surface area contributed by atoms with Crippen LogP contribution in [0.3, 0.4) is 0 Å². The van der Waals surface area contributed by atoms with Gasteiger partial charge in [0.05, 0.1) is 11.5 Å². The molecule has 0 aliphatic rings. The largest absolute Gasteiger partial charge is 0.444 e. The molecule has 0 aliphatic carbocycles. The van der Waals surface area contributed by atoms with Crippen molar-refractivity contribution >= 4 is 5.69 Å². The molecule has 2 rings (SSSR count). The fourth-order valence-electron chi connectivity index (χ4n) is 1.58. The molecule has 0 fully saturated rings. The number of halogens is 2. The lowest BCUT2D eigenvalue weighted by atomic mass is 10.2. The van der Waals surface area contributed by atoms with Gasteiger partial charge < -0.3 is 9.84 Å². The lowest BCUT2D eigenvalue weighted by molar-refractivity contribution is -0.385. The molecule has 20 heavy (non-hydrogen) atoms. The van der Waals surface area contributed by atoms with Gasteiger partial charge in [-0.15, -0.1) is 0 Å². The molecule has 1 N–H and O–H groups in total. The Morgan fingerprint density at radius 3 is 2.55 bits per heavy atom. The maximum atomic E-state index is 13.7. The summed E-state index contributed by atoms with van der Waals surface area (Å²) in [6.07, 6.45) is 0. The first-order chi connectivity index (χ1) is 9.52. The van der Waals surface area contributed by atoms with Crippen molar-refractivity contribution in [1.82, 2.24) is 0 Å². The number of aliphatic hydroxyl groups excluding tert-OH is 1. The van der Waals surface area contributed by atoms with Gasteiger partial charge in [0.15, 0.2) is 17.4 Å². The maximum Gasteiger partial charge on any atom is 0.314 e. The van der Waals surface area contributed by atoms with Gasteiger partial charge in [-0.2, -0.15) is 0 Å². The van der Waals surface area contributed by atoms with Crippen LogP contribution in [-0.4, -0.2) is 10.0 Å². The highest BCUT2D eigenvalue weighted by Gasteiger charge is 2.21. The van der Waals surface area contributed by atoms with Gasteiger partial charge in [0.25, 0.3) is 0 Å². The van der Waals surface area contributed by atoms with E-state index in [1.54, 1.807) is 0 Å². The highest BCUT2D eigenvalue weighted by Crippen LogP contribution is 2.34. The van der Waals surface area contributed by atoms with E-state index < -0.39 is 28.0 Å². The summed E-state index contributed by atoms with van der Waals surface area (Å²) in [5.74, 6) is -2.84. The number of nitrogens with zero attached hydrogens (tertiary/aromatic N) is 1. The van der Waals surface area contributed by atoms with Gasteiger partial charge in [-0.1, -0.05) is 12.1 Å². The third kappa shape index (κ3) is 2.72. The molecule has 104 valence electrons. The molecule has 0 spiro atoms. The first-order valence-electron chi connectivity index (χ1n) is 5.53. The number of hydrogen-bond acceptors (Lipinski definition) is 4. The van der Waals surface area contributed by atoms with Crippen LogP contribution in [0.25, 0.3) is 0 Å². The minimum Gasteiger partial charge on any atom is -0.444 e. The highest BCUT2D eigenvalue weighted by molar-refractivity contribution is 5.49. The van der Waals surface area contributed by atoms with E-state index >= 15 is 0 Å². The van der Waals surface area contributed by atoms with Crippen LogP contribution in [0.2, 0.25) is 0 Å². The van der Waals surface area contributed by atoms with Crippen LogP contribution in [0.1, 0.15) is 5.56 Å². The predicted molar refractivity (Wildman–Crippen MR) is 65.5 cm³/mol. The summed E-state index contributed by atoms with van der Waals surface area (Å²) in [5.41, 5.74) is -0.298. The summed E-state index contributed by atoms with van der Waals surface area (Å²) in [6.45, 7) is -0.364. The Bertz CT molecular complexity index is 661. The Kier molecular flexibility index (Phi) is 3.90. The fraction of sp³-hybridized carbons (Fsp3) is 0.0769. The van der Waals surface area contributed by atoms with E-state index in [0.717, 1.165) is 30.3 Å². The normalized spacial score (nSPS) is 10.3. The second kappa shape index (κ2) is 5.62. The lowest BCUT2D eigenvalue weighted by Crippen LogP contribution is -1.98. The number of nitro benzene ring substituents is 1. The zero-order valence-corrected chi connectivity index (χ0v) is 10.0. The molecule has 0 amide bonds. The van der Waals surface area contributed by atoms with Gasteiger partial charge in [0.1, 0.15) is 0 Å². The van der Waals surface area contributed by atoms with Gasteiger partial charge in [-0.25, -0.2) is 8.78 Å². The van der Waals surface area contributed by atoms with E-state index in [9.17, 15) is 18.9 Å². The predicted octanol–water partition coefficient (Wildman–Crippen LogP) is 3.16. The van der Waals surface area contributed by atoms with E-state index in [2.05, 4.69) is 0 Å². The van der Waals surface area contributed by atoms with Crippen LogP contribution in [-0.2, 0) is 6.61 Å². The Balaban J connectivity index is 2.42. The molecule has 0 aliphatic heterocycles. The number of ether oxygens (including phenoxy) is 1. The van der Waals surface area contributed by atoms with Gasteiger partial charge >= 0.3 is 5.69 Å². The molecule has 2 aromatic carbocycles. The van der Waals surface area contributed by atoms with Crippen molar-refractivity contribution in [2.45, 2.75) is 6.61 Å². The van der Waals surface area contributed by atoms with Crippen LogP contribution in [0, 0.1) is 21.7 Å². The summed E-state index contributed by atoms with van der Waals surface area (Å²) in [5, 5.41) is 19.6. The SMILES string of the molecule is O=[N+]([O-])c1cccc(F)c1Oc1ccc(CO)cc1F. The van der Waals surface area contributed by atoms with E-state index in [0.29, 0.717) is 5.56 Å². The minimum atomic E-state index is -0.968. The fourth-order valence-corrected chi connectivity index (χ4v) is 1.58. The molecule has 0 bridgehead atoms. The van der Waals surface area contributed by atoms with Crippen LogP contribution < -0.4 is 4.74 Å². The number of benzene rings is 2. The molecule has 0 saturated heterocycles. The molecule has 0 aromatic heterocycles. The summed E-state index contributed by atoms with van der Waals surface area (Å²) in [6, 6.07) is 6.72. The zero-order valence-electron chi connectivity index (χ0n) is 10.0. The minimum absolute atomic E-state index is 0.304. The molecule has 0 saturated carbocycles. The van der Waals surface area contributed by atoms with E-state index in [1.807, 2.05) is 0 Å². The van der Waals surface area contributed by atoms with Crippen LogP contribution >= 0.6 is 0 Å². The van der Waals surface area contributed by atoms with Crippen LogP contribution in [0.15, 0.2) is 36.4 Å². The molecule has 7 heteroatoms. The van der Waals surface area contributed by atoms with Gasteiger partial charge in [-0.05, 0) is 23.8 Å². The number of para-hydroxylation sites is 1. The molecule has 5 nitrogen and oxygen atoms in total. The van der Waals surface area contributed by atoms with Crippen molar-refractivity contribution in [3.8, 4) is 11.5 Å². The van der Waals surface area contributed by atoms with E-state index in [-0.39, 0.29) is 12.4 Å². The average molecular weight is 281 g/mol. The molecule has 0 heterocycles. The Morgan fingerprint density at radius 2 is 1.95 bits per heavy atom. The van der Waals surface area contributed by atoms with Gasteiger partial charge in [0.2, 0.25) is 5.75 Å². The van der Waals surface area contributed by atoms with Crippen molar-refractivity contribution < 1.29 is 23.5 Å².